The van der Waals surface area contributed by atoms with Crippen molar-refractivity contribution in [1.82, 2.24) is 0 Å². The SMILES string of the molecule is COc1ccc(C(=O)C=C[n+]2ccc(N)cc2)cc1.[Cl-]. The van der Waals surface area contributed by atoms with E-state index in [1.165, 1.54) is 6.08 Å². The van der Waals surface area contributed by atoms with Crippen molar-refractivity contribution in [3.05, 3.63) is 60.4 Å². The molecule has 1 aromatic carbocycles. The van der Waals surface area contributed by atoms with Crippen LogP contribution in [-0.2, 0) is 0 Å². The van der Waals surface area contributed by atoms with Gasteiger partial charge in [0.1, 0.15) is 5.75 Å². The Morgan fingerprint density at radius 3 is 2.30 bits per heavy atom. The fourth-order valence-electron chi connectivity index (χ4n) is 1.55. The molecule has 0 atom stereocenters. The number of ether oxygens (including phenoxy) is 1. The molecule has 0 saturated carbocycles. The van der Waals surface area contributed by atoms with Crippen molar-refractivity contribution in [2.45, 2.75) is 0 Å². The Morgan fingerprint density at radius 2 is 1.75 bits per heavy atom. The number of rotatable bonds is 4. The fraction of sp³-hybridized carbons (Fsp3) is 0.0667. The van der Waals surface area contributed by atoms with E-state index in [0.717, 1.165) is 5.75 Å². The lowest BCUT2D eigenvalue weighted by Crippen LogP contribution is -3.00. The van der Waals surface area contributed by atoms with Crippen molar-refractivity contribution in [3.63, 3.8) is 0 Å². The number of nitrogen functional groups attached to an aromatic ring is 1. The summed E-state index contributed by atoms with van der Waals surface area (Å²) in [6.45, 7) is 0. The Hall–Kier alpha value is -2.33. The number of hydrogen-bond acceptors (Lipinski definition) is 3. The first kappa shape index (κ1) is 15.7. The summed E-state index contributed by atoms with van der Waals surface area (Å²) in [5.74, 6) is 0.667. The highest BCUT2D eigenvalue weighted by Crippen LogP contribution is 2.11. The van der Waals surface area contributed by atoms with Gasteiger partial charge in [0, 0.05) is 23.4 Å². The lowest BCUT2D eigenvalue weighted by Gasteiger charge is -1.99. The van der Waals surface area contributed by atoms with E-state index in [1.54, 1.807) is 66.7 Å². The molecule has 20 heavy (non-hydrogen) atoms. The van der Waals surface area contributed by atoms with Gasteiger partial charge in [-0.05, 0) is 24.3 Å². The molecule has 2 aromatic rings. The molecular weight excluding hydrogens is 276 g/mol. The number of ketones is 1. The molecular formula is C15H15ClN2O2. The Kier molecular flexibility index (Phi) is 5.74. The molecule has 0 spiro atoms. The normalized spacial score (nSPS) is 10.1. The van der Waals surface area contributed by atoms with Crippen molar-refractivity contribution in [2.24, 2.45) is 0 Å². The third kappa shape index (κ3) is 4.10. The topological polar surface area (TPSA) is 56.2 Å². The van der Waals surface area contributed by atoms with Crippen LogP contribution in [0.15, 0.2) is 54.9 Å². The molecule has 2 N–H and O–H groups in total. The average molecular weight is 291 g/mol. The van der Waals surface area contributed by atoms with Crippen LogP contribution in [0.25, 0.3) is 6.20 Å². The van der Waals surface area contributed by atoms with Crippen LogP contribution >= 0.6 is 0 Å². The molecule has 0 saturated heterocycles. The predicted octanol–water partition coefficient (Wildman–Crippen LogP) is -1.08. The lowest BCUT2D eigenvalue weighted by molar-refractivity contribution is -0.568. The van der Waals surface area contributed by atoms with Crippen LogP contribution in [0, 0.1) is 0 Å². The van der Waals surface area contributed by atoms with Gasteiger partial charge in [0.2, 0.25) is 0 Å². The molecule has 104 valence electrons. The number of halogens is 1. The quantitative estimate of drug-likeness (QED) is 0.443. The number of carbonyl (C=O) groups is 1. The second-order valence-electron chi connectivity index (χ2n) is 3.99. The van der Waals surface area contributed by atoms with Gasteiger partial charge < -0.3 is 22.9 Å². The van der Waals surface area contributed by atoms with E-state index in [0.29, 0.717) is 11.3 Å². The zero-order chi connectivity index (χ0) is 13.7. The largest absolute Gasteiger partial charge is 1.00 e. The Bertz CT molecular complexity index is 592. The van der Waals surface area contributed by atoms with Gasteiger partial charge in [-0.2, -0.15) is 4.57 Å². The number of allylic oxidation sites excluding steroid dienone is 1. The van der Waals surface area contributed by atoms with Crippen molar-refractivity contribution in [3.8, 4) is 5.75 Å². The van der Waals surface area contributed by atoms with Gasteiger partial charge in [0.05, 0.1) is 13.2 Å². The fourth-order valence-corrected chi connectivity index (χ4v) is 1.55. The van der Waals surface area contributed by atoms with Gasteiger partial charge in [-0.3, -0.25) is 4.79 Å². The molecule has 0 amide bonds. The summed E-state index contributed by atoms with van der Waals surface area (Å²) in [4.78, 5) is 11.9. The number of aromatic nitrogens is 1. The van der Waals surface area contributed by atoms with Crippen LogP contribution in [0.4, 0.5) is 5.69 Å². The van der Waals surface area contributed by atoms with Gasteiger partial charge in [-0.15, -0.1) is 0 Å². The Labute approximate surface area is 123 Å². The highest BCUT2D eigenvalue weighted by molar-refractivity contribution is 6.05. The number of nitrogens with zero attached hydrogens (tertiary/aromatic N) is 1. The number of carbonyl (C=O) groups excluding carboxylic acids is 1. The molecule has 0 radical (unpaired) electrons. The molecule has 2 rings (SSSR count). The number of nitrogens with two attached hydrogens (primary N) is 1. The van der Waals surface area contributed by atoms with Crippen molar-refractivity contribution in [1.29, 1.82) is 0 Å². The second-order valence-corrected chi connectivity index (χ2v) is 3.99. The van der Waals surface area contributed by atoms with E-state index >= 15 is 0 Å². The first-order chi connectivity index (χ1) is 9.19. The van der Waals surface area contributed by atoms with E-state index in [2.05, 4.69) is 0 Å². The number of pyridine rings is 1. The van der Waals surface area contributed by atoms with Crippen LogP contribution in [0.1, 0.15) is 10.4 Å². The third-order valence-electron chi connectivity index (χ3n) is 2.65. The number of hydrogen-bond donors (Lipinski definition) is 1. The molecule has 0 unspecified atom stereocenters. The summed E-state index contributed by atoms with van der Waals surface area (Å²) in [6, 6.07) is 10.5. The van der Waals surface area contributed by atoms with Gasteiger partial charge >= 0.3 is 0 Å². The first-order valence-electron chi connectivity index (χ1n) is 5.82. The second kappa shape index (κ2) is 7.31. The summed E-state index contributed by atoms with van der Waals surface area (Å²) in [7, 11) is 1.59. The Balaban J connectivity index is 0.00000200. The van der Waals surface area contributed by atoms with E-state index < -0.39 is 0 Å². The summed E-state index contributed by atoms with van der Waals surface area (Å²) in [5.41, 5.74) is 6.89. The van der Waals surface area contributed by atoms with Crippen LogP contribution in [-0.4, -0.2) is 12.9 Å². The minimum Gasteiger partial charge on any atom is -1.00 e. The van der Waals surface area contributed by atoms with Crippen molar-refractivity contribution >= 4 is 17.7 Å². The summed E-state index contributed by atoms with van der Waals surface area (Å²) < 4.78 is 6.81. The number of methoxy groups -OCH3 is 1. The maximum absolute atomic E-state index is 11.9. The zero-order valence-electron chi connectivity index (χ0n) is 11.0. The van der Waals surface area contributed by atoms with Crippen LogP contribution < -0.4 is 27.4 Å². The summed E-state index contributed by atoms with van der Waals surface area (Å²) in [5, 5.41) is 0. The van der Waals surface area contributed by atoms with E-state index in [9.17, 15) is 4.79 Å². The lowest BCUT2D eigenvalue weighted by atomic mass is 10.1. The summed E-state index contributed by atoms with van der Waals surface area (Å²) in [6.07, 6.45) is 6.77. The van der Waals surface area contributed by atoms with E-state index in [-0.39, 0.29) is 18.2 Å². The van der Waals surface area contributed by atoms with Gasteiger partial charge in [-0.25, -0.2) is 0 Å². The molecule has 0 aliphatic rings. The molecule has 0 bridgehead atoms. The third-order valence-corrected chi connectivity index (χ3v) is 2.65. The first-order valence-corrected chi connectivity index (χ1v) is 5.82. The minimum absolute atomic E-state index is 0. The molecule has 0 aliphatic carbocycles. The molecule has 1 aromatic heterocycles. The Morgan fingerprint density at radius 1 is 1.15 bits per heavy atom. The number of benzene rings is 1. The predicted molar refractivity (Wildman–Crippen MR) is 73.7 cm³/mol. The molecule has 1 heterocycles. The highest BCUT2D eigenvalue weighted by Gasteiger charge is 2.03. The monoisotopic (exact) mass is 290 g/mol. The van der Waals surface area contributed by atoms with Gasteiger partial charge in [0.15, 0.2) is 24.4 Å². The van der Waals surface area contributed by atoms with E-state index in [1.807, 2.05) is 0 Å². The van der Waals surface area contributed by atoms with Crippen molar-refractivity contribution in [2.75, 3.05) is 12.8 Å². The average Bonchev–Trinajstić information content (AvgIpc) is 2.46. The number of anilines is 1. The zero-order valence-corrected chi connectivity index (χ0v) is 11.7. The van der Waals surface area contributed by atoms with Crippen LogP contribution in [0.3, 0.4) is 0 Å². The van der Waals surface area contributed by atoms with Gasteiger partial charge in [-0.1, -0.05) is 0 Å². The molecule has 0 aliphatic heterocycles. The maximum atomic E-state index is 11.9. The smallest absolute Gasteiger partial charge is 0.191 e. The minimum atomic E-state index is -0.0630. The van der Waals surface area contributed by atoms with Gasteiger partial charge in [0.25, 0.3) is 0 Å². The maximum Gasteiger partial charge on any atom is 0.191 e. The van der Waals surface area contributed by atoms with Crippen molar-refractivity contribution < 1.29 is 26.5 Å². The molecule has 4 nitrogen and oxygen atoms in total. The highest BCUT2D eigenvalue weighted by atomic mass is 35.5. The van der Waals surface area contributed by atoms with Crippen LogP contribution in [0.5, 0.6) is 5.75 Å². The summed E-state index contributed by atoms with van der Waals surface area (Å²) >= 11 is 0. The molecule has 5 heteroatoms. The van der Waals surface area contributed by atoms with Crippen LogP contribution in [0.2, 0.25) is 0 Å². The standard InChI is InChI=1S/C15H14N2O2.ClH/c1-19-14-4-2-12(3-5-14)15(18)8-11-17-9-6-13(16)7-10-17;/h2-11,16H,1H3;1H. The molecule has 0 fully saturated rings. The van der Waals surface area contributed by atoms with E-state index in [4.69, 9.17) is 10.5 Å².